The number of benzene rings is 2. The molecule has 2 nitrogen and oxygen atoms in total. The van der Waals surface area contributed by atoms with Gasteiger partial charge in [0.2, 0.25) is 8.38 Å². The van der Waals surface area contributed by atoms with E-state index in [-0.39, 0.29) is 22.4 Å². The molecule has 0 aliphatic heterocycles. The van der Waals surface area contributed by atoms with Crippen LogP contribution >= 0.6 is 8.38 Å². The van der Waals surface area contributed by atoms with E-state index in [0.717, 1.165) is 10.9 Å². The summed E-state index contributed by atoms with van der Waals surface area (Å²) in [7, 11) is 2.46. The largest absolute Gasteiger partial charge is 1.00 e. The zero-order valence-electron chi connectivity index (χ0n) is 11.3. The summed E-state index contributed by atoms with van der Waals surface area (Å²) in [5.41, 5.74) is 0.826. The first-order chi connectivity index (χ1) is 9.31. The molecule has 0 unspecified atom stereocenters. The third-order valence-corrected chi connectivity index (χ3v) is 3.60. The van der Waals surface area contributed by atoms with Crippen molar-refractivity contribution in [2.75, 3.05) is 14.2 Å². The predicted octanol–water partition coefficient (Wildman–Crippen LogP) is 3.54. The monoisotopic (exact) mass is 468 g/mol. The van der Waals surface area contributed by atoms with E-state index >= 15 is 0 Å². The molecule has 0 saturated heterocycles. The van der Waals surface area contributed by atoms with E-state index in [2.05, 4.69) is 5.92 Å². The van der Waals surface area contributed by atoms with Crippen molar-refractivity contribution in [2.45, 2.75) is 0 Å². The van der Waals surface area contributed by atoms with Gasteiger partial charge in [0.25, 0.3) is 0 Å². The third kappa shape index (κ3) is 7.03. The van der Waals surface area contributed by atoms with Gasteiger partial charge in [0.15, 0.2) is 0 Å². The van der Waals surface area contributed by atoms with Crippen molar-refractivity contribution >= 4 is 13.7 Å². The summed E-state index contributed by atoms with van der Waals surface area (Å²) in [6, 6.07) is 19.3. The Hall–Kier alpha value is -0.910. The zero-order valence-corrected chi connectivity index (χ0v) is 14.4. The Balaban J connectivity index is 0.000000359. The van der Waals surface area contributed by atoms with Crippen LogP contribution in [0.1, 0.15) is 5.56 Å². The first-order valence-corrected chi connectivity index (χ1v) is 6.90. The minimum atomic E-state index is -0.851. The molecule has 0 heterocycles. The molecule has 4 heteroatoms. The predicted molar refractivity (Wildman–Crippen MR) is 79.7 cm³/mol. The van der Waals surface area contributed by atoms with Gasteiger partial charge in [-0.05, 0) is 12.1 Å². The van der Waals surface area contributed by atoms with E-state index < -0.39 is 8.38 Å². The fourth-order valence-corrected chi connectivity index (χ4v) is 2.34. The van der Waals surface area contributed by atoms with E-state index in [1.165, 1.54) is 0 Å². The van der Waals surface area contributed by atoms with Crippen LogP contribution in [-0.2, 0) is 31.4 Å². The summed E-state index contributed by atoms with van der Waals surface area (Å²) in [4.78, 5) is 0. The summed E-state index contributed by atoms with van der Waals surface area (Å²) >= 11 is 0. The molecule has 0 radical (unpaired) electrons. The molecule has 2 aromatic carbocycles. The molecule has 2 aromatic rings. The van der Waals surface area contributed by atoms with Gasteiger partial charge in [-0.3, -0.25) is 5.92 Å². The Labute approximate surface area is 137 Å². The Morgan fingerprint density at radius 1 is 0.850 bits per heavy atom. The molecule has 0 atom stereocenters. The molecule has 0 bridgehead atoms. The minimum absolute atomic E-state index is 0. The summed E-state index contributed by atoms with van der Waals surface area (Å²) in [6.07, 6.45) is 6.69. The van der Waals surface area contributed by atoms with E-state index in [1.54, 1.807) is 14.2 Å². The fourth-order valence-electron chi connectivity index (χ4n) is 1.36. The smallest absolute Gasteiger partial charge is 0.366 e. The van der Waals surface area contributed by atoms with Crippen LogP contribution in [0.25, 0.3) is 0 Å². The first-order valence-electron chi connectivity index (χ1n) is 5.73. The molecule has 0 amide bonds. The Bertz CT molecular complexity index is 493. The van der Waals surface area contributed by atoms with E-state index in [9.17, 15) is 0 Å². The number of hydrogen-bond acceptors (Lipinski definition) is 2. The average Bonchev–Trinajstić information content (AvgIpc) is 2.51. The van der Waals surface area contributed by atoms with Crippen molar-refractivity contribution in [2.24, 2.45) is 0 Å². The molecule has 0 aliphatic rings. The number of hydrogen-bond donors (Lipinski definition) is 0. The van der Waals surface area contributed by atoms with Crippen LogP contribution in [0.5, 0.6) is 0 Å². The topological polar surface area (TPSA) is 18.5 Å². The van der Waals surface area contributed by atoms with Gasteiger partial charge in [-0.15, -0.1) is 17.7 Å². The average molecular weight is 468 g/mol. The van der Waals surface area contributed by atoms with E-state index in [4.69, 9.17) is 15.5 Å². The van der Waals surface area contributed by atoms with Gasteiger partial charge in [-0.25, -0.2) is 0 Å². The maximum absolute atomic E-state index is 6.69. The van der Waals surface area contributed by atoms with Crippen molar-refractivity contribution in [3.8, 4) is 5.92 Å². The summed E-state index contributed by atoms with van der Waals surface area (Å²) in [6.45, 7) is 0. The maximum Gasteiger partial charge on any atom is 1.00 e. The molecular weight excluding hydrogens is 452 g/mol. The van der Waals surface area contributed by atoms with Gasteiger partial charge < -0.3 is 15.5 Å². The van der Waals surface area contributed by atoms with Gasteiger partial charge in [0.1, 0.15) is 0 Å². The molecule has 0 fully saturated rings. The second-order valence-corrected chi connectivity index (χ2v) is 5.21. The molecule has 0 spiro atoms. The molecule has 2 rings (SSSR count). The molecule has 0 saturated carbocycles. The van der Waals surface area contributed by atoms with Crippen LogP contribution in [0.15, 0.2) is 60.7 Å². The maximum atomic E-state index is 6.69. The van der Waals surface area contributed by atoms with Crippen molar-refractivity contribution in [3.05, 3.63) is 72.7 Å². The third-order valence-electron chi connectivity index (χ3n) is 2.22. The SMILES string of the molecule is COP(OC)c1ccccc1.[Au+].[C-]#Cc1ccccc1. The van der Waals surface area contributed by atoms with Gasteiger partial charge in [-0.2, -0.15) is 0 Å². The quantitative estimate of drug-likeness (QED) is 0.297. The Morgan fingerprint density at radius 3 is 1.65 bits per heavy atom. The van der Waals surface area contributed by atoms with Crippen LogP contribution in [-0.4, -0.2) is 14.2 Å². The van der Waals surface area contributed by atoms with Crippen LogP contribution in [0.3, 0.4) is 0 Å². The molecule has 20 heavy (non-hydrogen) atoms. The Morgan fingerprint density at radius 2 is 1.30 bits per heavy atom. The van der Waals surface area contributed by atoms with Gasteiger partial charge in [-0.1, -0.05) is 36.4 Å². The molecular formula is C16H16AuO2P. The van der Waals surface area contributed by atoms with Gasteiger partial charge in [0, 0.05) is 19.5 Å². The molecule has 0 aliphatic carbocycles. The van der Waals surface area contributed by atoms with Crippen LogP contribution < -0.4 is 5.30 Å². The molecule has 0 aromatic heterocycles. The van der Waals surface area contributed by atoms with Crippen molar-refractivity contribution in [1.82, 2.24) is 0 Å². The zero-order chi connectivity index (χ0) is 13.9. The normalized spacial score (nSPS) is 8.90. The molecule has 108 valence electrons. The first kappa shape index (κ1) is 19.1. The van der Waals surface area contributed by atoms with E-state index in [1.807, 2.05) is 60.7 Å². The second-order valence-electron chi connectivity index (χ2n) is 3.45. The van der Waals surface area contributed by atoms with Crippen LogP contribution in [0.2, 0.25) is 0 Å². The van der Waals surface area contributed by atoms with E-state index in [0.29, 0.717) is 0 Å². The van der Waals surface area contributed by atoms with Crippen LogP contribution in [0, 0.1) is 12.3 Å². The summed E-state index contributed by atoms with van der Waals surface area (Å²) < 4.78 is 10.3. The Kier molecular flexibility index (Phi) is 11.3. The van der Waals surface area contributed by atoms with Gasteiger partial charge >= 0.3 is 22.4 Å². The summed E-state index contributed by atoms with van der Waals surface area (Å²) in [5.74, 6) is 2.28. The van der Waals surface area contributed by atoms with Gasteiger partial charge in [0.05, 0.1) is 0 Å². The second kappa shape index (κ2) is 11.9. The van der Waals surface area contributed by atoms with Crippen molar-refractivity contribution in [1.29, 1.82) is 0 Å². The van der Waals surface area contributed by atoms with Crippen LogP contribution in [0.4, 0.5) is 0 Å². The molecule has 0 N–H and O–H groups in total. The number of rotatable bonds is 3. The standard InChI is InChI=1S/C8H11O2P.C8H5.Au/c1-9-11(10-2)8-6-4-3-5-7-8;1-2-8-6-4-3-5-7-8;/h3-7H,1-2H3;3-7H;/q;-1;+1. The minimum Gasteiger partial charge on any atom is -0.366 e. The summed E-state index contributed by atoms with van der Waals surface area (Å²) in [5, 5.41) is 1.10. The fraction of sp³-hybridized carbons (Fsp3) is 0.125. The van der Waals surface area contributed by atoms with Crippen molar-refractivity contribution < 1.29 is 31.4 Å². The van der Waals surface area contributed by atoms with Crippen molar-refractivity contribution in [3.63, 3.8) is 0 Å².